The van der Waals surface area contributed by atoms with Crippen LogP contribution in [0, 0.1) is 0 Å². The van der Waals surface area contributed by atoms with Crippen LogP contribution in [0.25, 0.3) is 5.57 Å². The number of nitrogens with one attached hydrogen (secondary N) is 1. The van der Waals surface area contributed by atoms with Crippen molar-refractivity contribution in [3.8, 4) is 0 Å². The van der Waals surface area contributed by atoms with Crippen molar-refractivity contribution in [1.82, 2.24) is 10.3 Å². The summed E-state index contributed by atoms with van der Waals surface area (Å²) in [5, 5.41) is 10.4. The number of rotatable bonds is 3. The lowest BCUT2D eigenvalue weighted by molar-refractivity contribution is -0.116. The zero-order chi connectivity index (χ0) is 20.5. The van der Waals surface area contributed by atoms with Crippen molar-refractivity contribution in [2.24, 2.45) is 10.8 Å². The topological polar surface area (TPSA) is 87.8 Å². The lowest BCUT2D eigenvalue weighted by Gasteiger charge is -2.31. The van der Waals surface area contributed by atoms with E-state index >= 15 is 0 Å². The van der Waals surface area contributed by atoms with Crippen LogP contribution in [0.15, 0.2) is 70.3 Å². The average molecular weight is 445 g/mol. The molecule has 4 rings (SSSR count). The Morgan fingerprint density at radius 3 is 2.55 bits per heavy atom. The number of carbonyl (C=O) groups excluding carboxylic acids is 2. The van der Waals surface area contributed by atoms with Gasteiger partial charge in [-0.25, -0.2) is 5.01 Å². The normalized spacial score (nSPS) is 15.7. The van der Waals surface area contributed by atoms with E-state index in [4.69, 9.17) is 28.9 Å². The number of hydrogen-bond donors (Lipinski definition) is 2. The van der Waals surface area contributed by atoms with Gasteiger partial charge in [-0.05, 0) is 36.4 Å². The first-order valence-corrected chi connectivity index (χ1v) is 10.1. The van der Waals surface area contributed by atoms with Crippen molar-refractivity contribution in [1.29, 1.82) is 0 Å². The van der Waals surface area contributed by atoms with E-state index in [0.29, 0.717) is 42.4 Å². The summed E-state index contributed by atoms with van der Waals surface area (Å²) >= 11 is 13.9. The molecule has 2 aromatic rings. The van der Waals surface area contributed by atoms with Crippen molar-refractivity contribution in [3.63, 3.8) is 0 Å². The maximum Gasteiger partial charge on any atom is 0.255 e. The zero-order valence-corrected chi connectivity index (χ0v) is 17.2. The molecule has 2 amide bonds. The molecule has 3 N–H and O–H groups in total. The quantitative estimate of drug-likeness (QED) is 0.751. The van der Waals surface area contributed by atoms with Gasteiger partial charge < -0.3 is 11.1 Å². The van der Waals surface area contributed by atoms with Crippen molar-refractivity contribution in [2.45, 2.75) is 4.90 Å². The second-order valence-electron chi connectivity index (χ2n) is 6.15. The molecule has 2 heterocycles. The van der Waals surface area contributed by atoms with Crippen molar-refractivity contribution < 1.29 is 9.59 Å². The van der Waals surface area contributed by atoms with E-state index in [1.807, 2.05) is 6.07 Å². The number of hydrazone groups is 1. The molecule has 0 atom stereocenters. The van der Waals surface area contributed by atoms with E-state index in [0.717, 1.165) is 0 Å². The number of nitrogens with zero attached hydrogens (tertiary/aromatic N) is 2. The van der Waals surface area contributed by atoms with Gasteiger partial charge in [0.1, 0.15) is 11.7 Å². The van der Waals surface area contributed by atoms with Crippen LogP contribution in [-0.2, 0) is 4.79 Å². The number of halogens is 2. The first-order valence-electron chi connectivity index (χ1n) is 8.53. The molecule has 0 bridgehead atoms. The van der Waals surface area contributed by atoms with Crippen molar-refractivity contribution in [3.05, 3.63) is 81.5 Å². The summed E-state index contributed by atoms with van der Waals surface area (Å²) in [6.07, 6.45) is 3.56. The molecule has 6 nitrogen and oxygen atoms in total. The summed E-state index contributed by atoms with van der Waals surface area (Å²) in [6.45, 7) is 0.200. The molecular formula is C20H14Cl2N4O2S. The van der Waals surface area contributed by atoms with Gasteiger partial charge in [0.25, 0.3) is 5.91 Å². The summed E-state index contributed by atoms with van der Waals surface area (Å²) < 4.78 is 0. The minimum absolute atomic E-state index is 0.200. The zero-order valence-electron chi connectivity index (χ0n) is 14.9. The number of carbonyl (C=O) groups is 2. The maximum atomic E-state index is 12.6. The number of thioether (sulfide) groups is 1. The standard InChI is InChI=1S/C20H14Cl2N4O2S/c21-12-5-3-6-13(22)17(12)18-14-8-9-16(25-26(14)10-24-20(18)28)29-15-7-2-1-4-11(15)19(23)27/h1-9H,10H2,(H2,23,27)(H,24,28). The number of fused-ring (bicyclic) bond motifs is 1. The molecule has 2 aliphatic heterocycles. The summed E-state index contributed by atoms with van der Waals surface area (Å²) in [4.78, 5) is 24.9. The smallest absolute Gasteiger partial charge is 0.255 e. The van der Waals surface area contributed by atoms with Gasteiger partial charge in [0.15, 0.2) is 0 Å². The van der Waals surface area contributed by atoms with E-state index in [9.17, 15) is 9.59 Å². The highest BCUT2D eigenvalue weighted by molar-refractivity contribution is 8.14. The van der Waals surface area contributed by atoms with E-state index in [-0.39, 0.29) is 12.6 Å². The highest BCUT2D eigenvalue weighted by Crippen LogP contribution is 2.37. The molecule has 0 spiro atoms. The molecule has 2 aliphatic rings. The fourth-order valence-electron chi connectivity index (χ4n) is 3.03. The Kier molecular flexibility index (Phi) is 5.36. The summed E-state index contributed by atoms with van der Waals surface area (Å²) in [5.41, 5.74) is 7.28. The lowest BCUT2D eigenvalue weighted by Crippen LogP contribution is -2.42. The molecule has 0 aliphatic carbocycles. The molecule has 0 fully saturated rings. The van der Waals surface area contributed by atoms with Gasteiger partial charge >= 0.3 is 0 Å². The summed E-state index contributed by atoms with van der Waals surface area (Å²) in [5.74, 6) is -0.781. The minimum atomic E-state index is -0.505. The van der Waals surface area contributed by atoms with Crippen LogP contribution in [0.2, 0.25) is 10.0 Å². The highest BCUT2D eigenvalue weighted by atomic mass is 35.5. The number of primary amides is 1. The second kappa shape index (κ2) is 7.94. The fraction of sp³-hybridized carbons (Fsp3) is 0.0500. The third-order valence-corrected chi connectivity index (χ3v) is 5.97. The molecule has 29 heavy (non-hydrogen) atoms. The van der Waals surface area contributed by atoms with Gasteiger partial charge in [0, 0.05) is 10.5 Å². The SMILES string of the molecule is NC(=O)c1ccccc1SC1=NN2CNC(=O)C(c3c(Cl)cccc3Cl)=C2C=C1. The number of nitrogens with two attached hydrogens (primary N) is 1. The van der Waals surface area contributed by atoms with Crippen molar-refractivity contribution in [2.75, 3.05) is 6.67 Å². The highest BCUT2D eigenvalue weighted by Gasteiger charge is 2.30. The number of allylic oxidation sites excluding steroid dienone is 1. The van der Waals surface area contributed by atoms with Crippen LogP contribution in [0.4, 0.5) is 0 Å². The molecule has 0 saturated carbocycles. The van der Waals surface area contributed by atoms with Crippen LogP contribution in [0.5, 0.6) is 0 Å². The summed E-state index contributed by atoms with van der Waals surface area (Å²) in [7, 11) is 0. The van der Waals surface area contributed by atoms with E-state index in [1.165, 1.54) is 11.8 Å². The number of hydrogen-bond acceptors (Lipinski definition) is 5. The Morgan fingerprint density at radius 1 is 1.10 bits per heavy atom. The van der Waals surface area contributed by atoms with Crippen LogP contribution >= 0.6 is 35.0 Å². The van der Waals surface area contributed by atoms with Gasteiger partial charge in [0.2, 0.25) is 5.91 Å². The predicted octanol–water partition coefficient (Wildman–Crippen LogP) is 3.87. The molecule has 146 valence electrons. The minimum Gasteiger partial charge on any atom is -0.366 e. The van der Waals surface area contributed by atoms with Crippen LogP contribution < -0.4 is 11.1 Å². The molecule has 9 heteroatoms. The third-order valence-electron chi connectivity index (χ3n) is 4.33. The number of benzene rings is 2. The van der Waals surface area contributed by atoms with E-state index in [2.05, 4.69) is 10.4 Å². The van der Waals surface area contributed by atoms with Crippen LogP contribution in [0.1, 0.15) is 15.9 Å². The average Bonchev–Trinajstić information content (AvgIpc) is 2.69. The number of amides is 2. The Balaban J connectivity index is 1.72. The molecular weight excluding hydrogens is 431 g/mol. The van der Waals surface area contributed by atoms with Gasteiger partial charge in [-0.3, -0.25) is 9.59 Å². The first kappa shape index (κ1) is 19.6. The van der Waals surface area contributed by atoms with E-state index < -0.39 is 5.91 Å². The monoisotopic (exact) mass is 444 g/mol. The van der Waals surface area contributed by atoms with Gasteiger partial charge in [0.05, 0.1) is 26.9 Å². The maximum absolute atomic E-state index is 12.6. The largest absolute Gasteiger partial charge is 0.366 e. The molecule has 2 aromatic carbocycles. The van der Waals surface area contributed by atoms with E-state index in [1.54, 1.807) is 53.6 Å². The van der Waals surface area contributed by atoms with Gasteiger partial charge in [-0.1, -0.05) is 53.2 Å². The molecule has 0 saturated heterocycles. The van der Waals surface area contributed by atoms with Crippen molar-refractivity contribution >= 4 is 57.4 Å². The first-order chi connectivity index (χ1) is 14.0. The Labute approximate surface area is 181 Å². The van der Waals surface area contributed by atoms with Crippen LogP contribution in [0.3, 0.4) is 0 Å². The Hall–Kier alpha value is -2.74. The Bertz CT molecular complexity index is 1110. The lowest BCUT2D eigenvalue weighted by atomic mass is 10.0. The third kappa shape index (κ3) is 3.76. The second-order valence-corrected chi connectivity index (χ2v) is 8.03. The molecule has 0 unspecified atom stereocenters. The molecule has 0 radical (unpaired) electrons. The molecule has 0 aromatic heterocycles. The van der Waals surface area contributed by atoms with Crippen LogP contribution in [-0.4, -0.2) is 28.5 Å². The summed E-state index contributed by atoms with van der Waals surface area (Å²) in [6, 6.07) is 12.1. The van der Waals surface area contributed by atoms with Gasteiger partial charge in [-0.15, -0.1) is 0 Å². The van der Waals surface area contributed by atoms with Gasteiger partial charge in [-0.2, -0.15) is 5.10 Å². The Morgan fingerprint density at radius 2 is 1.83 bits per heavy atom. The fourth-order valence-corrected chi connectivity index (χ4v) is 4.54. The predicted molar refractivity (Wildman–Crippen MR) is 116 cm³/mol.